The van der Waals surface area contributed by atoms with Crippen LogP contribution in [0.3, 0.4) is 0 Å². The largest absolute Gasteiger partial charge is 0.311 e. The predicted octanol–water partition coefficient (Wildman–Crippen LogP) is 4.08. The molecular weight excluding hydrogens is 287 g/mol. The summed E-state index contributed by atoms with van der Waals surface area (Å²) in [6.07, 6.45) is 4.97. The normalized spacial score (nSPS) is 26.3. The SMILES string of the molecule is CC1CCCC(CNCc2c(F)cccc2Cl)(N(C)C)C1. The van der Waals surface area contributed by atoms with E-state index in [2.05, 4.69) is 31.2 Å². The lowest BCUT2D eigenvalue weighted by molar-refractivity contribution is 0.0749. The number of hydrogen-bond donors (Lipinski definition) is 1. The van der Waals surface area contributed by atoms with Gasteiger partial charge in [0.25, 0.3) is 0 Å². The number of hydrogen-bond acceptors (Lipinski definition) is 2. The molecule has 118 valence electrons. The van der Waals surface area contributed by atoms with E-state index in [4.69, 9.17) is 11.6 Å². The van der Waals surface area contributed by atoms with E-state index in [9.17, 15) is 4.39 Å². The Kier molecular flexibility index (Phi) is 5.64. The molecule has 1 aromatic carbocycles. The fraction of sp³-hybridized carbons (Fsp3) is 0.647. The van der Waals surface area contributed by atoms with Gasteiger partial charge in [-0.05, 0) is 45.0 Å². The van der Waals surface area contributed by atoms with Crippen molar-refractivity contribution in [2.75, 3.05) is 20.6 Å². The summed E-state index contributed by atoms with van der Waals surface area (Å²) >= 11 is 6.08. The topological polar surface area (TPSA) is 15.3 Å². The molecule has 0 radical (unpaired) electrons. The van der Waals surface area contributed by atoms with Crippen molar-refractivity contribution in [3.05, 3.63) is 34.6 Å². The minimum atomic E-state index is -0.231. The summed E-state index contributed by atoms with van der Waals surface area (Å²) in [7, 11) is 4.30. The van der Waals surface area contributed by atoms with Gasteiger partial charge in [-0.2, -0.15) is 0 Å². The second kappa shape index (κ2) is 7.08. The number of nitrogens with one attached hydrogen (secondary N) is 1. The highest BCUT2D eigenvalue weighted by molar-refractivity contribution is 6.31. The van der Waals surface area contributed by atoms with Crippen LogP contribution in [0.15, 0.2) is 18.2 Å². The van der Waals surface area contributed by atoms with Crippen LogP contribution < -0.4 is 5.32 Å². The monoisotopic (exact) mass is 312 g/mol. The summed E-state index contributed by atoms with van der Waals surface area (Å²) in [5, 5.41) is 3.93. The highest BCUT2D eigenvalue weighted by atomic mass is 35.5. The Balaban J connectivity index is 2.00. The van der Waals surface area contributed by atoms with Gasteiger partial charge in [0, 0.05) is 29.2 Å². The summed E-state index contributed by atoms with van der Waals surface area (Å²) in [6, 6.07) is 4.85. The van der Waals surface area contributed by atoms with E-state index in [1.807, 2.05) is 0 Å². The summed E-state index contributed by atoms with van der Waals surface area (Å²) in [5.41, 5.74) is 0.743. The maximum absolute atomic E-state index is 13.8. The Hall–Kier alpha value is -0.640. The van der Waals surface area contributed by atoms with Crippen LogP contribution in [-0.2, 0) is 6.54 Å². The lowest BCUT2D eigenvalue weighted by Gasteiger charge is -2.45. The number of likely N-dealkylation sites (N-methyl/N-ethyl adjacent to an activating group) is 1. The Labute approximate surface area is 132 Å². The van der Waals surface area contributed by atoms with E-state index in [0.717, 1.165) is 12.5 Å². The van der Waals surface area contributed by atoms with E-state index in [1.54, 1.807) is 12.1 Å². The molecular formula is C17H26ClFN2. The van der Waals surface area contributed by atoms with E-state index in [0.29, 0.717) is 17.1 Å². The summed E-state index contributed by atoms with van der Waals surface area (Å²) in [5.74, 6) is 0.519. The number of benzene rings is 1. The van der Waals surface area contributed by atoms with Gasteiger partial charge in [-0.1, -0.05) is 37.4 Å². The minimum absolute atomic E-state index is 0.176. The lowest BCUT2D eigenvalue weighted by Crippen LogP contribution is -2.54. The lowest BCUT2D eigenvalue weighted by atomic mass is 9.75. The molecule has 2 unspecified atom stereocenters. The first-order chi connectivity index (χ1) is 9.94. The first-order valence-electron chi connectivity index (χ1n) is 7.76. The third kappa shape index (κ3) is 3.97. The van der Waals surface area contributed by atoms with Crippen molar-refractivity contribution in [1.82, 2.24) is 10.2 Å². The maximum Gasteiger partial charge on any atom is 0.129 e. The van der Waals surface area contributed by atoms with Gasteiger partial charge in [-0.3, -0.25) is 0 Å². The van der Waals surface area contributed by atoms with Crippen molar-refractivity contribution in [2.45, 2.75) is 44.7 Å². The zero-order valence-corrected chi connectivity index (χ0v) is 14.0. The Morgan fingerprint density at radius 1 is 1.43 bits per heavy atom. The zero-order chi connectivity index (χ0) is 15.5. The molecule has 1 aliphatic rings. The van der Waals surface area contributed by atoms with Crippen LogP contribution in [0.5, 0.6) is 0 Å². The molecule has 1 fully saturated rings. The van der Waals surface area contributed by atoms with Crippen molar-refractivity contribution < 1.29 is 4.39 Å². The van der Waals surface area contributed by atoms with E-state index in [1.165, 1.54) is 31.7 Å². The third-order valence-corrected chi connectivity index (χ3v) is 5.19. The van der Waals surface area contributed by atoms with Crippen LogP contribution >= 0.6 is 11.6 Å². The summed E-state index contributed by atoms with van der Waals surface area (Å²) in [6.45, 7) is 3.68. The minimum Gasteiger partial charge on any atom is -0.311 e. The molecule has 0 aliphatic heterocycles. The van der Waals surface area contributed by atoms with Crippen LogP contribution in [0.2, 0.25) is 5.02 Å². The molecule has 0 spiro atoms. The number of nitrogens with zero attached hydrogens (tertiary/aromatic N) is 1. The first kappa shape index (κ1) is 16.7. The number of rotatable bonds is 5. The van der Waals surface area contributed by atoms with Gasteiger partial charge in [-0.25, -0.2) is 4.39 Å². The van der Waals surface area contributed by atoms with Gasteiger partial charge in [-0.15, -0.1) is 0 Å². The van der Waals surface area contributed by atoms with Crippen LogP contribution in [0.1, 0.15) is 38.2 Å². The average Bonchev–Trinajstić information content (AvgIpc) is 2.42. The van der Waals surface area contributed by atoms with Gasteiger partial charge in [0.05, 0.1) is 0 Å². The van der Waals surface area contributed by atoms with Crippen molar-refractivity contribution in [2.24, 2.45) is 5.92 Å². The van der Waals surface area contributed by atoms with E-state index in [-0.39, 0.29) is 11.4 Å². The maximum atomic E-state index is 13.8. The van der Waals surface area contributed by atoms with Crippen LogP contribution in [0, 0.1) is 11.7 Å². The summed E-state index contributed by atoms with van der Waals surface area (Å²) in [4.78, 5) is 2.33. The quantitative estimate of drug-likeness (QED) is 0.881. The molecule has 0 aromatic heterocycles. The molecule has 0 saturated heterocycles. The molecule has 1 aromatic rings. The molecule has 0 bridgehead atoms. The van der Waals surface area contributed by atoms with Crippen LogP contribution in [-0.4, -0.2) is 31.1 Å². The van der Waals surface area contributed by atoms with Gasteiger partial charge >= 0.3 is 0 Å². The van der Waals surface area contributed by atoms with E-state index >= 15 is 0 Å². The predicted molar refractivity (Wildman–Crippen MR) is 87.2 cm³/mol. The average molecular weight is 313 g/mol. The molecule has 2 nitrogen and oxygen atoms in total. The van der Waals surface area contributed by atoms with Gasteiger partial charge in [0.2, 0.25) is 0 Å². The Morgan fingerprint density at radius 2 is 2.19 bits per heavy atom. The van der Waals surface area contributed by atoms with Gasteiger partial charge in [0.1, 0.15) is 5.82 Å². The Bertz CT molecular complexity index is 458. The van der Waals surface area contributed by atoms with Gasteiger partial charge in [0.15, 0.2) is 0 Å². The van der Waals surface area contributed by atoms with Gasteiger partial charge < -0.3 is 10.2 Å². The molecule has 2 atom stereocenters. The molecule has 1 aliphatic carbocycles. The second-order valence-electron chi connectivity index (χ2n) is 6.62. The van der Waals surface area contributed by atoms with Crippen molar-refractivity contribution in [3.63, 3.8) is 0 Å². The first-order valence-corrected chi connectivity index (χ1v) is 8.13. The fourth-order valence-corrected chi connectivity index (χ4v) is 3.71. The zero-order valence-electron chi connectivity index (χ0n) is 13.3. The molecule has 21 heavy (non-hydrogen) atoms. The standard InChI is InChI=1S/C17H26ClFN2/c1-13-6-5-9-17(10-13,21(2)3)12-20-11-14-15(18)7-4-8-16(14)19/h4,7-8,13,20H,5-6,9-12H2,1-3H3. The van der Waals surface area contributed by atoms with Crippen molar-refractivity contribution >= 4 is 11.6 Å². The smallest absolute Gasteiger partial charge is 0.129 e. The fourth-order valence-electron chi connectivity index (χ4n) is 3.48. The second-order valence-corrected chi connectivity index (χ2v) is 7.03. The van der Waals surface area contributed by atoms with Crippen molar-refractivity contribution in [3.8, 4) is 0 Å². The molecule has 0 heterocycles. The van der Waals surface area contributed by atoms with Crippen LogP contribution in [0.4, 0.5) is 4.39 Å². The van der Waals surface area contributed by atoms with E-state index < -0.39 is 0 Å². The molecule has 2 rings (SSSR count). The highest BCUT2D eigenvalue weighted by Crippen LogP contribution is 2.35. The number of halogens is 2. The Morgan fingerprint density at radius 3 is 2.81 bits per heavy atom. The van der Waals surface area contributed by atoms with Crippen LogP contribution in [0.25, 0.3) is 0 Å². The third-order valence-electron chi connectivity index (χ3n) is 4.83. The van der Waals surface area contributed by atoms with Crippen molar-refractivity contribution in [1.29, 1.82) is 0 Å². The summed E-state index contributed by atoms with van der Waals surface area (Å²) < 4.78 is 13.8. The molecule has 1 saturated carbocycles. The molecule has 1 N–H and O–H groups in total. The molecule has 4 heteroatoms. The highest BCUT2D eigenvalue weighted by Gasteiger charge is 2.36. The molecule has 0 amide bonds.